The van der Waals surface area contributed by atoms with E-state index in [1.165, 1.54) is 11.3 Å². The van der Waals surface area contributed by atoms with Crippen molar-refractivity contribution in [2.45, 2.75) is 96.1 Å². The molecule has 3 aliphatic rings. The van der Waals surface area contributed by atoms with Crippen LogP contribution >= 0.6 is 11.3 Å². The van der Waals surface area contributed by atoms with Crippen LogP contribution in [-0.2, 0) is 14.3 Å². The average Bonchev–Trinajstić information content (AvgIpc) is 3.14. The number of rotatable bonds is 4. The minimum absolute atomic E-state index is 0.0367. The number of nitrogen functional groups attached to an aromatic ring is 1. The molecule has 206 valence electrons. The number of Topliss-reactive ketones (excluding diaryl/α,β-unsaturated/α-hetero) is 1. The maximum atomic E-state index is 13.2. The molecule has 0 aromatic carbocycles. The number of nitrogens with two attached hydrogens (primary N) is 1. The van der Waals surface area contributed by atoms with Gasteiger partial charge < -0.3 is 25.8 Å². The van der Waals surface area contributed by atoms with Crippen molar-refractivity contribution in [1.29, 1.82) is 0 Å². The van der Waals surface area contributed by atoms with Crippen LogP contribution < -0.4 is 5.73 Å². The lowest BCUT2D eigenvalue weighted by molar-refractivity contribution is -0.161. The first-order valence-electron chi connectivity index (χ1n) is 13.3. The highest BCUT2D eigenvalue weighted by atomic mass is 32.1. The van der Waals surface area contributed by atoms with Crippen molar-refractivity contribution in [3.63, 3.8) is 0 Å². The van der Waals surface area contributed by atoms with Crippen molar-refractivity contribution in [1.82, 2.24) is 9.88 Å². The zero-order chi connectivity index (χ0) is 27.1. The molecule has 4 rings (SSSR count). The third kappa shape index (κ3) is 5.49. The van der Waals surface area contributed by atoms with Crippen LogP contribution in [0.3, 0.4) is 0 Å². The monoisotopic (exact) mass is 535 g/mol. The molecule has 2 aliphatic heterocycles. The molecule has 0 radical (unpaired) electrons. The predicted molar refractivity (Wildman–Crippen MR) is 142 cm³/mol. The Hall–Kier alpha value is -1.85. The van der Waals surface area contributed by atoms with Gasteiger partial charge in [0.25, 0.3) is 0 Å². The standard InChI is InChI=1S/C27H41N3O6S/c1-15(10-18-14-37-25(28)29-18)19-11-20-27(4,30(20)8-9-31)7-5-6-17-13-26(3,21(32)12-22(33)36-19)24(35)16(2)23(17)34/h10,14,16-17,19-21,23,31-32,34H,5-9,11-13H2,1-4H3,(H2,28,29)/b15-10+/t16-,17-,19+,20+,21+,23-,26-,27-,30?/m1/s1. The fourth-order valence-electron chi connectivity index (χ4n) is 6.75. The molecule has 10 heteroatoms. The third-order valence-electron chi connectivity index (χ3n) is 9.17. The molecule has 9 nitrogen and oxygen atoms in total. The fourth-order valence-corrected chi connectivity index (χ4v) is 7.27. The molecule has 0 spiro atoms. The largest absolute Gasteiger partial charge is 0.458 e. The lowest BCUT2D eigenvalue weighted by Crippen LogP contribution is -2.54. The van der Waals surface area contributed by atoms with Crippen LogP contribution in [0.4, 0.5) is 5.13 Å². The van der Waals surface area contributed by atoms with Crippen LogP contribution in [0.25, 0.3) is 6.08 Å². The number of hydrogen-bond donors (Lipinski definition) is 4. The van der Waals surface area contributed by atoms with Gasteiger partial charge in [-0.2, -0.15) is 0 Å². The molecule has 1 unspecified atom stereocenters. The molecule has 3 fully saturated rings. The van der Waals surface area contributed by atoms with Crippen LogP contribution in [0.2, 0.25) is 0 Å². The summed E-state index contributed by atoms with van der Waals surface area (Å²) >= 11 is 1.34. The van der Waals surface area contributed by atoms with Gasteiger partial charge in [-0.3, -0.25) is 14.5 Å². The molecule has 9 atom stereocenters. The molecule has 2 bridgehead atoms. The number of β-amino-alcohol motifs (C(OH)–C–C–N with tert-alkyl or cyclic N) is 1. The normalized spacial score (nSPS) is 41.5. The summed E-state index contributed by atoms with van der Waals surface area (Å²) in [6.07, 6.45) is 2.35. The second-order valence-electron chi connectivity index (χ2n) is 11.6. The second kappa shape index (κ2) is 10.7. The van der Waals surface area contributed by atoms with Gasteiger partial charge in [0.05, 0.1) is 36.3 Å². The Kier molecular flexibility index (Phi) is 8.17. The maximum absolute atomic E-state index is 13.2. The lowest BCUT2D eigenvalue weighted by Gasteiger charge is -2.45. The number of thiazole rings is 1. The van der Waals surface area contributed by atoms with Crippen molar-refractivity contribution < 1.29 is 29.6 Å². The topological polar surface area (TPSA) is 146 Å². The van der Waals surface area contributed by atoms with E-state index in [0.717, 1.165) is 24.8 Å². The summed E-state index contributed by atoms with van der Waals surface area (Å²) in [7, 11) is 0. The van der Waals surface area contributed by atoms with Crippen molar-refractivity contribution in [3.8, 4) is 0 Å². The highest BCUT2D eigenvalue weighted by Gasteiger charge is 2.59. The zero-order valence-electron chi connectivity index (χ0n) is 22.2. The molecule has 1 aromatic heterocycles. The lowest BCUT2D eigenvalue weighted by atomic mass is 9.60. The van der Waals surface area contributed by atoms with E-state index in [4.69, 9.17) is 10.5 Å². The number of nitrogens with zero attached hydrogens (tertiary/aromatic N) is 2. The van der Waals surface area contributed by atoms with Crippen LogP contribution in [0.1, 0.15) is 71.9 Å². The van der Waals surface area contributed by atoms with E-state index in [-0.39, 0.29) is 36.3 Å². The molecule has 1 aliphatic carbocycles. The molecular weight excluding hydrogens is 494 g/mol. The van der Waals surface area contributed by atoms with E-state index >= 15 is 0 Å². The number of carbonyl (C=O) groups is 2. The first kappa shape index (κ1) is 28.2. The number of ketones is 1. The van der Waals surface area contributed by atoms with Gasteiger partial charge in [0.2, 0.25) is 0 Å². The van der Waals surface area contributed by atoms with Gasteiger partial charge in [-0.1, -0.05) is 20.3 Å². The predicted octanol–water partition coefficient (Wildman–Crippen LogP) is 2.39. The number of anilines is 1. The van der Waals surface area contributed by atoms with E-state index in [0.29, 0.717) is 30.2 Å². The van der Waals surface area contributed by atoms with Crippen molar-refractivity contribution in [2.24, 2.45) is 17.3 Å². The first-order chi connectivity index (χ1) is 17.4. The van der Waals surface area contributed by atoms with E-state index in [1.807, 2.05) is 18.4 Å². The SMILES string of the molecule is C/C(=C\c1csc(N)n1)[C@@H]1C[C@@H]2N(CCO)[C@]2(C)CCC[C@@H]2C[C@@](C)(C(=O)[C@H](C)[C@H]2O)[C@@H](O)CC(=O)O1. The van der Waals surface area contributed by atoms with Gasteiger partial charge in [0, 0.05) is 35.8 Å². The summed E-state index contributed by atoms with van der Waals surface area (Å²) in [6, 6.07) is 0.108. The Balaban J connectivity index is 1.64. The smallest absolute Gasteiger partial charge is 0.309 e. The molecule has 37 heavy (non-hydrogen) atoms. The Morgan fingerprint density at radius 1 is 1.35 bits per heavy atom. The van der Waals surface area contributed by atoms with E-state index in [1.54, 1.807) is 13.8 Å². The highest BCUT2D eigenvalue weighted by molar-refractivity contribution is 7.13. The summed E-state index contributed by atoms with van der Waals surface area (Å²) in [5.41, 5.74) is 6.01. The van der Waals surface area contributed by atoms with E-state index < -0.39 is 35.6 Å². The van der Waals surface area contributed by atoms with Gasteiger partial charge in [-0.15, -0.1) is 11.3 Å². The van der Waals surface area contributed by atoms with E-state index in [2.05, 4.69) is 16.8 Å². The molecule has 3 heterocycles. The number of aromatic nitrogens is 1. The number of esters is 1. The average molecular weight is 536 g/mol. The van der Waals surface area contributed by atoms with Gasteiger partial charge in [-0.25, -0.2) is 4.98 Å². The number of ether oxygens (including phenoxy) is 1. The summed E-state index contributed by atoms with van der Waals surface area (Å²) in [4.78, 5) is 32.9. The molecular formula is C27H41N3O6S. The van der Waals surface area contributed by atoms with Crippen LogP contribution in [0, 0.1) is 17.3 Å². The molecule has 0 amide bonds. The van der Waals surface area contributed by atoms with Crippen molar-refractivity contribution in [3.05, 3.63) is 16.6 Å². The van der Waals surface area contributed by atoms with Gasteiger partial charge in [-0.05, 0) is 50.7 Å². The summed E-state index contributed by atoms with van der Waals surface area (Å²) in [6.45, 7) is 8.06. The maximum Gasteiger partial charge on any atom is 0.309 e. The number of hydrogen-bond acceptors (Lipinski definition) is 10. The van der Waals surface area contributed by atoms with Crippen LogP contribution in [0.15, 0.2) is 11.0 Å². The molecule has 2 saturated heterocycles. The highest BCUT2D eigenvalue weighted by Crippen LogP contribution is 2.50. The molecule has 1 aromatic rings. The molecule has 5 N–H and O–H groups in total. The van der Waals surface area contributed by atoms with Crippen molar-refractivity contribution in [2.75, 3.05) is 18.9 Å². The van der Waals surface area contributed by atoms with Crippen LogP contribution in [-0.4, -0.2) is 80.0 Å². The van der Waals surface area contributed by atoms with Gasteiger partial charge in [0.15, 0.2) is 5.13 Å². The number of fused-ring (bicyclic) bond motifs is 3. The Morgan fingerprint density at radius 2 is 2.08 bits per heavy atom. The minimum Gasteiger partial charge on any atom is -0.458 e. The summed E-state index contributed by atoms with van der Waals surface area (Å²) in [5, 5.41) is 34.0. The third-order valence-corrected chi connectivity index (χ3v) is 9.86. The number of cyclic esters (lactones) is 1. The Morgan fingerprint density at radius 3 is 2.73 bits per heavy atom. The summed E-state index contributed by atoms with van der Waals surface area (Å²) < 4.78 is 5.97. The molecule has 1 saturated carbocycles. The quantitative estimate of drug-likeness (QED) is 0.337. The number of aliphatic hydroxyl groups excluding tert-OH is 3. The van der Waals surface area contributed by atoms with Crippen molar-refractivity contribution >= 4 is 34.3 Å². The zero-order valence-corrected chi connectivity index (χ0v) is 23.0. The Bertz CT molecular complexity index is 1050. The first-order valence-corrected chi connectivity index (χ1v) is 14.2. The van der Waals surface area contributed by atoms with Gasteiger partial charge in [0.1, 0.15) is 11.9 Å². The van der Waals surface area contributed by atoms with E-state index in [9.17, 15) is 24.9 Å². The Labute approximate surface area is 222 Å². The summed E-state index contributed by atoms with van der Waals surface area (Å²) in [5.74, 6) is -1.52. The number of aliphatic hydroxyl groups is 3. The second-order valence-corrected chi connectivity index (χ2v) is 12.5. The number of carbonyl (C=O) groups excluding carboxylic acids is 2. The van der Waals surface area contributed by atoms with Gasteiger partial charge >= 0.3 is 5.97 Å². The minimum atomic E-state index is -1.20. The fraction of sp³-hybridized carbons (Fsp3) is 0.741. The van der Waals surface area contributed by atoms with Crippen LogP contribution in [0.5, 0.6) is 0 Å².